The van der Waals surface area contributed by atoms with E-state index < -0.39 is 5.72 Å². The van der Waals surface area contributed by atoms with Gasteiger partial charge in [-0.15, -0.1) is 0 Å². The molecule has 4 heterocycles. The fraction of sp³-hybridized carbons (Fsp3) is 0.208. The second-order valence-corrected chi connectivity index (χ2v) is 7.66. The Balaban J connectivity index is 1.59. The molecule has 2 bridgehead atoms. The maximum atomic E-state index is 13.7. The number of ether oxygens (including phenoxy) is 1. The zero-order valence-corrected chi connectivity index (χ0v) is 15.4. The van der Waals surface area contributed by atoms with Crippen LogP contribution < -0.4 is 14.5 Å². The third-order valence-electron chi connectivity index (χ3n) is 6.29. The lowest BCUT2D eigenvalue weighted by molar-refractivity contribution is -0.140. The van der Waals surface area contributed by atoms with Crippen molar-refractivity contribution in [1.82, 2.24) is 0 Å². The predicted octanol–water partition coefficient (Wildman–Crippen LogP) is 4.52. The van der Waals surface area contributed by atoms with Gasteiger partial charge >= 0.3 is 0 Å². The molecule has 4 aliphatic rings. The zero-order chi connectivity index (χ0) is 18.7. The lowest BCUT2D eigenvalue weighted by Crippen LogP contribution is -2.73. The van der Waals surface area contributed by atoms with Crippen LogP contribution in [0.1, 0.15) is 18.4 Å². The van der Waals surface area contributed by atoms with Crippen molar-refractivity contribution in [3.05, 3.63) is 90.5 Å². The van der Waals surface area contributed by atoms with Gasteiger partial charge in [-0.3, -0.25) is 9.69 Å². The molecule has 0 unspecified atom stereocenters. The second kappa shape index (κ2) is 5.61. The number of nitrogens with zero attached hydrogens (tertiary/aromatic N) is 2. The molecule has 0 aliphatic carbocycles. The zero-order valence-electron chi connectivity index (χ0n) is 15.4. The highest BCUT2D eigenvalue weighted by Gasteiger charge is 2.66. The van der Waals surface area contributed by atoms with Crippen LogP contribution in [0.5, 0.6) is 5.75 Å². The Bertz CT molecular complexity index is 1050. The quantitative estimate of drug-likeness (QED) is 0.667. The highest BCUT2D eigenvalue weighted by Crippen LogP contribution is 2.59. The normalized spacial score (nSPS) is 27.4. The number of rotatable bonds is 2. The Kier molecular flexibility index (Phi) is 3.16. The molecule has 3 aromatic carbocycles. The lowest BCUT2D eigenvalue weighted by Gasteiger charge is -2.58. The highest BCUT2D eigenvalue weighted by atomic mass is 16.5. The van der Waals surface area contributed by atoms with E-state index in [0.717, 1.165) is 35.5 Å². The Morgan fingerprint density at radius 1 is 0.821 bits per heavy atom. The molecule has 0 N–H and O–H groups in total. The van der Waals surface area contributed by atoms with E-state index in [2.05, 4.69) is 23.1 Å². The van der Waals surface area contributed by atoms with E-state index in [0.29, 0.717) is 0 Å². The number of hydrogen-bond acceptors (Lipinski definition) is 3. The summed E-state index contributed by atoms with van der Waals surface area (Å²) in [5, 5.41) is 0. The molecule has 0 saturated carbocycles. The molecule has 0 aromatic heterocycles. The van der Waals surface area contributed by atoms with Crippen molar-refractivity contribution < 1.29 is 9.53 Å². The molecular weight excluding hydrogens is 348 g/mol. The predicted molar refractivity (Wildman–Crippen MR) is 108 cm³/mol. The van der Waals surface area contributed by atoms with Crippen molar-refractivity contribution in [2.24, 2.45) is 5.92 Å². The van der Waals surface area contributed by atoms with Crippen LogP contribution >= 0.6 is 0 Å². The van der Waals surface area contributed by atoms with Crippen LogP contribution in [0.25, 0.3) is 0 Å². The Morgan fingerprint density at radius 3 is 2.29 bits per heavy atom. The monoisotopic (exact) mass is 368 g/mol. The fourth-order valence-electron chi connectivity index (χ4n) is 5.21. The minimum Gasteiger partial charge on any atom is -0.461 e. The summed E-state index contributed by atoms with van der Waals surface area (Å²) in [5.41, 5.74) is 2.29. The minimum absolute atomic E-state index is 0.0660. The van der Waals surface area contributed by atoms with E-state index in [4.69, 9.17) is 4.74 Å². The summed E-state index contributed by atoms with van der Waals surface area (Å²) in [4.78, 5) is 18.0. The number of piperidine rings is 2. The van der Waals surface area contributed by atoms with E-state index in [1.165, 1.54) is 0 Å². The van der Waals surface area contributed by atoms with Gasteiger partial charge in [0.25, 0.3) is 0 Å². The smallest absolute Gasteiger partial charge is 0.238 e. The van der Waals surface area contributed by atoms with Crippen molar-refractivity contribution in [3.8, 4) is 5.75 Å². The average Bonchev–Trinajstić information content (AvgIpc) is 3.13. The summed E-state index contributed by atoms with van der Waals surface area (Å²) in [6.45, 7) is 0. The molecule has 3 fully saturated rings. The molecule has 4 nitrogen and oxygen atoms in total. The van der Waals surface area contributed by atoms with E-state index in [1.807, 2.05) is 71.6 Å². The first-order valence-corrected chi connectivity index (χ1v) is 9.82. The van der Waals surface area contributed by atoms with Crippen LogP contribution in [0.15, 0.2) is 84.9 Å². The lowest BCUT2D eigenvalue weighted by atomic mass is 9.75. The summed E-state index contributed by atoms with van der Waals surface area (Å²) < 4.78 is 6.65. The molecule has 138 valence electrons. The van der Waals surface area contributed by atoms with E-state index in [-0.39, 0.29) is 18.0 Å². The van der Waals surface area contributed by atoms with Crippen molar-refractivity contribution in [3.63, 3.8) is 0 Å². The summed E-state index contributed by atoms with van der Waals surface area (Å²) in [5.74, 6) is 0.744. The first-order valence-electron chi connectivity index (χ1n) is 9.82. The molecule has 0 radical (unpaired) electrons. The summed E-state index contributed by atoms with van der Waals surface area (Å²) in [6, 6.07) is 28.4. The van der Waals surface area contributed by atoms with Gasteiger partial charge in [-0.25, -0.2) is 0 Å². The van der Waals surface area contributed by atoms with E-state index >= 15 is 0 Å². The number of hydrogen-bond donors (Lipinski definition) is 0. The Hall–Kier alpha value is -3.27. The van der Waals surface area contributed by atoms with Gasteiger partial charge in [0.15, 0.2) is 0 Å². The summed E-state index contributed by atoms with van der Waals surface area (Å²) in [6.07, 6.45) is 1.69. The molecule has 4 heteroatoms. The van der Waals surface area contributed by atoms with Crippen LogP contribution in [-0.4, -0.2) is 12.1 Å². The van der Waals surface area contributed by atoms with Crippen LogP contribution in [0.4, 0.5) is 11.4 Å². The topological polar surface area (TPSA) is 32.8 Å². The van der Waals surface area contributed by atoms with Crippen LogP contribution in [0.2, 0.25) is 0 Å². The molecule has 3 atom stereocenters. The summed E-state index contributed by atoms with van der Waals surface area (Å²) >= 11 is 0. The second-order valence-electron chi connectivity index (χ2n) is 7.66. The van der Waals surface area contributed by atoms with Gasteiger partial charge in [0.05, 0.1) is 5.69 Å². The maximum absolute atomic E-state index is 13.7. The van der Waals surface area contributed by atoms with E-state index in [1.54, 1.807) is 0 Å². The molecule has 3 saturated heterocycles. The number of benzene rings is 3. The van der Waals surface area contributed by atoms with Gasteiger partial charge in [-0.05, 0) is 37.1 Å². The van der Waals surface area contributed by atoms with Gasteiger partial charge in [0, 0.05) is 11.3 Å². The van der Waals surface area contributed by atoms with Gasteiger partial charge in [-0.1, -0.05) is 60.7 Å². The molecule has 0 spiro atoms. The van der Waals surface area contributed by atoms with Gasteiger partial charge in [-0.2, -0.15) is 0 Å². The van der Waals surface area contributed by atoms with Crippen molar-refractivity contribution in [2.45, 2.75) is 24.7 Å². The van der Waals surface area contributed by atoms with E-state index in [9.17, 15) is 4.79 Å². The standard InChI is InChI=1S/C24H20N2O2/c27-23-19-15-16-22(25(23)18-11-5-2-6-12-18)26-20-13-7-8-14-21(20)28-24(19,26)17-9-3-1-4-10-17/h1-14,19,22H,15-16H2/t19-,22+,24+/m1/s1. The van der Waals surface area contributed by atoms with Gasteiger partial charge in [0.2, 0.25) is 11.6 Å². The van der Waals surface area contributed by atoms with Crippen molar-refractivity contribution in [1.29, 1.82) is 0 Å². The minimum atomic E-state index is -0.768. The third-order valence-corrected chi connectivity index (χ3v) is 6.29. The SMILES string of the molecule is O=C1[C@H]2CC[C@@H](N1c1ccccc1)N1c3ccccc3O[C@@]21c1ccccc1. The largest absolute Gasteiger partial charge is 0.461 e. The molecule has 4 aliphatic heterocycles. The van der Waals surface area contributed by atoms with Crippen LogP contribution in [-0.2, 0) is 10.5 Å². The molecular formula is C24H20N2O2. The summed E-state index contributed by atoms with van der Waals surface area (Å²) in [7, 11) is 0. The fourth-order valence-corrected chi connectivity index (χ4v) is 5.21. The van der Waals surface area contributed by atoms with Gasteiger partial charge < -0.3 is 9.64 Å². The highest BCUT2D eigenvalue weighted by molar-refractivity contribution is 6.00. The number of carbonyl (C=O) groups excluding carboxylic acids is 1. The first-order chi connectivity index (χ1) is 13.8. The molecule has 1 amide bonds. The molecule has 3 aromatic rings. The number of amides is 1. The Labute approximate surface area is 164 Å². The third kappa shape index (κ3) is 1.87. The first kappa shape index (κ1) is 15.8. The number of carbonyl (C=O) groups is 1. The number of fused-ring (bicyclic) bond motifs is 3. The van der Waals surface area contributed by atoms with Gasteiger partial charge in [0.1, 0.15) is 17.8 Å². The number of anilines is 2. The van der Waals surface area contributed by atoms with Crippen molar-refractivity contribution in [2.75, 3.05) is 9.80 Å². The Morgan fingerprint density at radius 2 is 1.50 bits per heavy atom. The van der Waals surface area contributed by atoms with Crippen LogP contribution in [0, 0.1) is 5.92 Å². The van der Waals surface area contributed by atoms with Crippen molar-refractivity contribution >= 4 is 17.3 Å². The van der Waals surface area contributed by atoms with Crippen LogP contribution in [0.3, 0.4) is 0 Å². The molecule has 28 heavy (non-hydrogen) atoms. The average molecular weight is 368 g/mol. The molecule has 7 rings (SSSR count). The number of para-hydroxylation sites is 3. The maximum Gasteiger partial charge on any atom is 0.238 e.